The van der Waals surface area contributed by atoms with Crippen molar-refractivity contribution in [1.82, 2.24) is 19.7 Å². The lowest BCUT2D eigenvalue weighted by Crippen LogP contribution is -2.12. The molecule has 128 valence electrons. The highest BCUT2D eigenvalue weighted by Gasteiger charge is 2.16. The van der Waals surface area contributed by atoms with Gasteiger partial charge in [-0.3, -0.25) is 0 Å². The molecule has 3 rings (SSSR count). The van der Waals surface area contributed by atoms with Crippen molar-refractivity contribution in [2.45, 2.75) is 38.8 Å². The number of nitrogens with one attached hydrogen (secondary N) is 1. The standard InChI is InChI=1S/C16H21N5O3/c1-23-15-11(16(22)24-2)7-8-12(18-15)17-10-14-20-19-13-6-4-3-5-9-21(13)14/h7-8H,3-6,9-10H2,1-2H3,(H,17,18). The first kappa shape index (κ1) is 16.2. The number of rotatable bonds is 5. The Bertz CT molecular complexity index is 728. The van der Waals surface area contributed by atoms with E-state index in [2.05, 4.69) is 25.1 Å². The third-order valence-corrected chi connectivity index (χ3v) is 4.07. The van der Waals surface area contributed by atoms with E-state index in [0.29, 0.717) is 17.9 Å². The van der Waals surface area contributed by atoms with E-state index in [9.17, 15) is 4.79 Å². The summed E-state index contributed by atoms with van der Waals surface area (Å²) in [4.78, 5) is 16.0. The smallest absolute Gasteiger partial charge is 0.343 e. The van der Waals surface area contributed by atoms with Crippen LogP contribution in [0.5, 0.6) is 5.88 Å². The number of anilines is 1. The Morgan fingerprint density at radius 2 is 2.12 bits per heavy atom. The molecule has 0 atom stereocenters. The van der Waals surface area contributed by atoms with Crippen molar-refractivity contribution in [2.24, 2.45) is 0 Å². The number of aromatic nitrogens is 4. The van der Waals surface area contributed by atoms with Gasteiger partial charge in [0.15, 0.2) is 5.82 Å². The van der Waals surface area contributed by atoms with Gasteiger partial charge in [0.2, 0.25) is 5.88 Å². The molecule has 0 bridgehead atoms. The van der Waals surface area contributed by atoms with E-state index in [0.717, 1.165) is 31.0 Å². The molecule has 0 amide bonds. The predicted molar refractivity (Wildman–Crippen MR) is 87.0 cm³/mol. The Morgan fingerprint density at radius 3 is 2.92 bits per heavy atom. The predicted octanol–water partition coefficient (Wildman–Crippen LogP) is 1.81. The molecule has 0 aromatic carbocycles. The van der Waals surface area contributed by atoms with Crippen LogP contribution >= 0.6 is 0 Å². The SMILES string of the molecule is COC(=O)c1ccc(NCc2nnc3n2CCCCC3)nc1OC. The molecule has 3 heterocycles. The molecule has 0 aliphatic carbocycles. The second-order valence-corrected chi connectivity index (χ2v) is 5.59. The molecule has 24 heavy (non-hydrogen) atoms. The monoisotopic (exact) mass is 331 g/mol. The number of pyridine rings is 1. The number of esters is 1. The van der Waals surface area contributed by atoms with E-state index >= 15 is 0 Å². The van der Waals surface area contributed by atoms with Crippen molar-refractivity contribution < 1.29 is 14.3 Å². The van der Waals surface area contributed by atoms with Gasteiger partial charge < -0.3 is 19.4 Å². The van der Waals surface area contributed by atoms with Gasteiger partial charge in [0, 0.05) is 13.0 Å². The van der Waals surface area contributed by atoms with Crippen LogP contribution < -0.4 is 10.1 Å². The lowest BCUT2D eigenvalue weighted by atomic mass is 10.2. The van der Waals surface area contributed by atoms with Gasteiger partial charge in [-0.2, -0.15) is 4.98 Å². The lowest BCUT2D eigenvalue weighted by Gasteiger charge is -2.11. The number of carbonyl (C=O) groups is 1. The molecule has 0 saturated heterocycles. The van der Waals surface area contributed by atoms with Crippen LogP contribution in [0.1, 0.15) is 41.3 Å². The molecule has 0 unspecified atom stereocenters. The first-order chi connectivity index (χ1) is 11.7. The van der Waals surface area contributed by atoms with Crippen molar-refractivity contribution in [2.75, 3.05) is 19.5 Å². The highest BCUT2D eigenvalue weighted by molar-refractivity contribution is 5.92. The number of hydrogen-bond donors (Lipinski definition) is 1. The van der Waals surface area contributed by atoms with E-state index in [4.69, 9.17) is 9.47 Å². The Kier molecular flexibility index (Phi) is 4.93. The fourth-order valence-electron chi connectivity index (χ4n) is 2.81. The van der Waals surface area contributed by atoms with Crippen molar-refractivity contribution in [3.63, 3.8) is 0 Å². The maximum absolute atomic E-state index is 11.7. The molecule has 1 aliphatic heterocycles. The Morgan fingerprint density at radius 1 is 1.25 bits per heavy atom. The molecule has 0 fully saturated rings. The minimum absolute atomic E-state index is 0.229. The second kappa shape index (κ2) is 7.29. The van der Waals surface area contributed by atoms with Crippen LogP contribution in [0.15, 0.2) is 12.1 Å². The summed E-state index contributed by atoms with van der Waals surface area (Å²) in [6.45, 7) is 1.47. The molecule has 0 spiro atoms. The van der Waals surface area contributed by atoms with Crippen LogP contribution in [0.2, 0.25) is 0 Å². The molecule has 2 aromatic rings. The van der Waals surface area contributed by atoms with Crippen molar-refractivity contribution in [3.05, 3.63) is 29.3 Å². The zero-order chi connectivity index (χ0) is 16.9. The number of ether oxygens (including phenoxy) is 2. The lowest BCUT2D eigenvalue weighted by molar-refractivity contribution is 0.0596. The summed E-state index contributed by atoms with van der Waals surface area (Å²) in [7, 11) is 2.79. The topological polar surface area (TPSA) is 91.2 Å². The molecule has 8 heteroatoms. The maximum atomic E-state index is 11.7. The molecular formula is C16H21N5O3. The normalized spacial score (nSPS) is 13.8. The van der Waals surface area contributed by atoms with Gasteiger partial charge in [0.05, 0.1) is 20.8 Å². The zero-order valence-corrected chi connectivity index (χ0v) is 13.9. The quantitative estimate of drug-likeness (QED) is 0.835. The highest BCUT2D eigenvalue weighted by atomic mass is 16.5. The first-order valence-electron chi connectivity index (χ1n) is 8.01. The molecule has 1 aliphatic rings. The number of fused-ring (bicyclic) bond motifs is 1. The van der Waals surface area contributed by atoms with Crippen LogP contribution in [0.4, 0.5) is 5.82 Å². The van der Waals surface area contributed by atoms with Gasteiger partial charge in [-0.1, -0.05) is 6.42 Å². The van der Waals surface area contributed by atoms with Crippen LogP contribution in [0.3, 0.4) is 0 Å². The van der Waals surface area contributed by atoms with Gasteiger partial charge in [-0.05, 0) is 25.0 Å². The van der Waals surface area contributed by atoms with Gasteiger partial charge in [0.25, 0.3) is 0 Å². The minimum Gasteiger partial charge on any atom is -0.480 e. The van der Waals surface area contributed by atoms with Crippen molar-refractivity contribution >= 4 is 11.8 Å². The fraction of sp³-hybridized carbons (Fsp3) is 0.500. The Hall–Kier alpha value is -2.64. The minimum atomic E-state index is -0.478. The summed E-state index contributed by atoms with van der Waals surface area (Å²) >= 11 is 0. The third kappa shape index (κ3) is 3.32. The number of nitrogens with zero attached hydrogens (tertiary/aromatic N) is 4. The van der Waals surface area contributed by atoms with Gasteiger partial charge in [0.1, 0.15) is 17.2 Å². The van der Waals surface area contributed by atoms with Gasteiger partial charge in [-0.25, -0.2) is 4.79 Å². The van der Waals surface area contributed by atoms with E-state index in [1.54, 1.807) is 12.1 Å². The van der Waals surface area contributed by atoms with Crippen LogP contribution in [-0.4, -0.2) is 39.9 Å². The third-order valence-electron chi connectivity index (χ3n) is 4.07. The first-order valence-corrected chi connectivity index (χ1v) is 8.01. The summed E-state index contributed by atoms with van der Waals surface area (Å²) in [5.41, 5.74) is 0.293. The van der Waals surface area contributed by atoms with Crippen LogP contribution in [0.25, 0.3) is 0 Å². The van der Waals surface area contributed by atoms with E-state index < -0.39 is 5.97 Å². The summed E-state index contributed by atoms with van der Waals surface area (Å²) in [5.74, 6) is 2.30. The summed E-state index contributed by atoms with van der Waals surface area (Å²) in [6.07, 6.45) is 4.52. The van der Waals surface area contributed by atoms with Crippen molar-refractivity contribution in [1.29, 1.82) is 0 Å². The number of aryl methyl sites for hydroxylation is 1. The van der Waals surface area contributed by atoms with Crippen molar-refractivity contribution in [3.8, 4) is 5.88 Å². The maximum Gasteiger partial charge on any atom is 0.343 e. The molecule has 0 saturated carbocycles. The molecule has 1 N–H and O–H groups in total. The Balaban J connectivity index is 1.73. The van der Waals surface area contributed by atoms with E-state index in [1.165, 1.54) is 27.1 Å². The highest BCUT2D eigenvalue weighted by Crippen LogP contribution is 2.20. The largest absolute Gasteiger partial charge is 0.480 e. The number of methoxy groups -OCH3 is 2. The molecular weight excluding hydrogens is 310 g/mol. The number of carbonyl (C=O) groups excluding carboxylic acids is 1. The van der Waals surface area contributed by atoms with E-state index in [-0.39, 0.29) is 5.88 Å². The van der Waals surface area contributed by atoms with Gasteiger partial charge in [-0.15, -0.1) is 10.2 Å². The molecule has 2 aromatic heterocycles. The summed E-state index contributed by atoms with van der Waals surface area (Å²) < 4.78 is 12.1. The molecule has 0 radical (unpaired) electrons. The summed E-state index contributed by atoms with van der Waals surface area (Å²) in [6, 6.07) is 3.35. The summed E-state index contributed by atoms with van der Waals surface area (Å²) in [5, 5.41) is 11.8. The van der Waals surface area contributed by atoms with Gasteiger partial charge >= 0.3 is 5.97 Å². The molecule has 8 nitrogen and oxygen atoms in total. The van der Waals surface area contributed by atoms with E-state index in [1.807, 2.05) is 0 Å². The second-order valence-electron chi connectivity index (χ2n) is 5.59. The fourth-order valence-corrected chi connectivity index (χ4v) is 2.81. The van der Waals surface area contributed by atoms with Crippen LogP contribution in [-0.2, 0) is 24.2 Å². The average Bonchev–Trinajstić information content (AvgIpc) is 2.85. The zero-order valence-electron chi connectivity index (χ0n) is 13.9. The van der Waals surface area contributed by atoms with Crippen LogP contribution in [0, 0.1) is 0 Å². The number of hydrogen-bond acceptors (Lipinski definition) is 7. The average molecular weight is 331 g/mol. The Labute approximate surface area is 140 Å².